The lowest BCUT2D eigenvalue weighted by atomic mass is 10.1. The number of carbonyl (C=O) groups excluding carboxylic acids is 1. The molecule has 0 saturated heterocycles. The molecule has 0 aliphatic carbocycles. The minimum absolute atomic E-state index is 0.0372. The molecule has 3 rings (SSSR count). The van der Waals surface area contributed by atoms with Gasteiger partial charge in [0.25, 0.3) is 0 Å². The van der Waals surface area contributed by atoms with E-state index in [1.807, 2.05) is 13.0 Å². The Morgan fingerprint density at radius 1 is 1.13 bits per heavy atom. The Kier molecular flexibility index (Phi) is 10.8. The number of aryl methyl sites for hydroxylation is 1. The zero-order valence-corrected chi connectivity index (χ0v) is 22.8. The number of hydrogen-bond donors (Lipinski definition) is 3. The fourth-order valence-corrected chi connectivity index (χ4v) is 4.27. The van der Waals surface area contributed by atoms with E-state index in [-0.39, 0.29) is 24.9 Å². The highest BCUT2D eigenvalue weighted by molar-refractivity contribution is 7.76. The van der Waals surface area contributed by atoms with Crippen LogP contribution in [-0.4, -0.2) is 63.9 Å². The lowest BCUT2D eigenvalue weighted by Gasteiger charge is -2.26. The molecule has 12 nitrogen and oxygen atoms in total. The minimum Gasteiger partial charge on any atom is -0.760 e. The fraction of sp³-hybridized carbons (Fsp3) is 0.320. The highest BCUT2D eigenvalue weighted by Crippen LogP contribution is 2.40. The summed E-state index contributed by atoms with van der Waals surface area (Å²) < 4.78 is 55.8. The Morgan fingerprint density at radius 3 is 2.46 bits per heavy atom. The highest BCUT2D eigenvalue weighted by atomic mass is 32.2. The maximum Gasteiger partial charge on any atom is 0.229 e. The summed E-state index contributed by atoms with van der Waals surface area (Å²) in [6.45, 7) is 2.39. The second-order valence-corrected chi connectivity index (χ2v) is 9.11. The van der Waals surface area contributed by atoms with E-state index in [1.165, 1.54) is 25.6 Å². The number of amides is 1. The molecule has 0 radical (unpaired) electrons. The Balaban J connectivity index is 1.87. The number of anilines is 4. The van der Waals surface area contributed by atoms with E-state index in [0.717, 1.165) is 11.8 Å². The van der Waals surface area contributed by atoms with Gasteiger partial charge in [0.05, 0.1) is 27.5 Å². The molecular formula is C25H30FN6O6S-. The third kappa shape index (κ3) is 7.75. The zero-order valence-electron chi connectivity index (χ0n) is 21.9. The van der Waals surface area contributed by atoms with Crippen LogP contribution in [0.5, 0.6) is 17.2 Å². The van der Waals surface area contributed by atoms with Crippen LogP contribution in [0, 0.1) is 12.7 Å². The number of benzene rings is 2. The summed E-state index contributed by atoms with van der Waals surface area (Å²) in [6.07, 6.45) is 2.00. The van der Waals surface area contributed by atoms with Gasteiger partial charge in [-0.25, -0.2) is 13.7 Å². The Morgan fingerprint density at radius 2 is 1.85 bits per heavy atom. The fourth-order valence-electron chi connectivity index (χ4n) is 3.75. The largest absolute Gasteiger partial charge is 0.760 e. The van der Waals surface area contributed by atoms with Crippen LogP contribution in [0.2, 0.25) is 0 Å². The summed E-state index contributed by atoms with van der Waals surface area (Å²) in [4.78, 5) is 18.8. The maximum atomic E-state index is 14.8. The Labute approximate surface area is 228 Å². The van der Waals surface area contributed by atoms with Gasteiger partial charge < -0.3 is 34.7 Å². The van der Waals surface area contributed by atoms with Crippen LogP contribution in [0.1, 0.15) is 17.5 Å². The number of hydrogen-bond acceptors (Lipinski definition) is 10. The second-order valence-electron chi connectivity index (χ2n) is 8.16. The highest BCUT2D eigenvalue weighted by Gasteiger charge is 2.17. The van der Waals surface area contributed by atoms with Crippen LogP contribution in [-0.2, 0) is 22.6 Å². The second kappa shape index (κ2) is 14.2. The lowest BCUT2D eigenvalue weighted by molar-refractivity contribution is -0.109. The quantitative estimate of drug-likeness (QED) is 0.143. The van der Waals surface area contributed by atoms with E-state index in [4.69, 9.17) is 14.2 Å². The van der Waals surface area contributed by atoms with Gasteiger partial charge in [0, 0.05) is 54.4 Å². The van der Waals surface area contributed by atoms with Gasteiger partial charge in [-0.2, -0.15) is 4.98 Å². The van der Waals surface area contributed by atoms with Crippen LogP contribution in [0.25, 0.3) is 0 Å². The van der Waals surface area contributed by atoms with E-state index >= 15 is 0 Å². The molecule has 2 aromatic carbocycles. The molecule has 0 saturated carbocycles. The van der Waals surface area contributed by atoms with Gasteiger partial charge in [-0.05, 0) is 30.5 Å². The summed E-state index contributed by atoms with van der Waals surface area (Å²) in [5, 5.41) is 8.48. The normalized spacial score (nSPS) is 11.6. The first-order valence-corrected chi connectivity index (χ1v) is 12.8. The molecule has 1 atom stereocenters. The van der Waals surface area contributed by atoms with Crippen molar-refractivity contribution in [1.82, 2.24) is 19.6 Å². The Bertz CT molecular complexity index is 1290. The Hall–Kier alpha value is -4.01. The van der Waals surface area contributed by atoms with Crippen LogP contribution in [0.3, 0.4) is 0 Å². The summed E-state index contributed by atoms with van der Waals surface area (Å²) in [7, 11) is 4.47. The predicted molar refractivity (Wildman–Crippen MR) is 144 cm³/mol. The molecule has 1 aromatic heterocycles. The molecule has 0 fully saturated rings. The van der Waals surface area contributed by atoms with E-state index in [1.54, 1.807) is 24.3 Å². The molecule has 1 heterocycles. The van der Waals surface area contributed by atoms with Crippen LogP contribution < -0.4 is 30.2 Å². The van der Waals surface area contributed by atoms with E-state index < -0.39 is 17.1 Å². The van der Waals surface area contributed by atoms with Gasteiger partial charge >= 0.3 is 0 Å². The first kappa shape index (κ1) is 29.5. The number of methoxy groups -OCH3 is 3. The number of ether oxygens (including phenoxy) is 3. The van der Waals surface area contributed by atoms with Crippen molar-refractivity contribution >= 4 is 40.8 Å². The molecule has 0 aliphatic heterocycles. The lowest BCUT2D eigenvalue weighted by Crippen LogP contribution is -2.29. The van der Waals surface area contributed by atoms with Gasteiger partial charge in [0.15, 0.2) is 23.1 Å². The molecule has 3 N–H and O–H groups in total. The number of halogens is 1. The van der Waals surface area contributed by atoms with E-state index in [0.29, 0.717) is 53.6 Å². The number of aromatic nitrogens is 2. The van der Waals surface area contributed by atoms with E-state index in [2.05, 4.69) is 25.9 Å². The standard InChI is InChI=1S/C25H31FN6O6S/c1-16-7-5-8-20(18(16)14-32(39(34)35)10-6-9-27-15-33)30-24-19(26)13-28-25(31-24)29-17-11-21(36-2)23(38-4)22(12-17)37-3/h5,7-8,11-13,15H,6,9-10,14H2,1-4H3,(H,27,33)(H,34,35)(H2,28,29,30,31)/p-1. The molecular weight excluding hydrogens is 531 g/mol. The van der Waals surface area contributed by atoms with Gasteiger partial charge in [-0.3, -0.25) is 9.00 Å². The number of nitrogens with zero attached hydrogens (tertiary/aromatic N) is 3. The van der Waals surface area contributed by atoms with Crippen molar-refractivity contribution in [3.05, 3.63) is 53.5 Å². The molecule has 0 bridgehead atoms. The van der Waals surface area contributed by atoms with Gasteiger partial charge in [0.1, 0.15) is 0 Å². The molecule has 39 heavy (non-hydrogen) atoms. The average Bonchev–Trinajstić information content (AvgIpc) is 2.92. The molecule has 1 amide bonds. The number of nitrogens with one attached hydrogen (secondary N) is 3. The third-order valence-electron chi connectivity index (χ3n) is 5.69. The van der Waals surface area contributed by atoms with Crippen molar-refractivity contribution in [3.8, 4) is 17.2 Å². The van der Waals surface area contributed by atoms with Crippen molar-refractivity contribution in [2.75, 3.05) is 45.1 Å². The summed E-state index contributed by atoms with van der Waals surface area (Å²) in [5.41, 5.74) is 2.43. The first-order valence-electron chi connectivity index (χ1n) is 11.8. The van der Waals surface area contributed by atoms with Crippen LogP contribution >= 0.6 is 0 Å². The van der Waals surface area contributed by atoms with Crippen molar-refractivity contribution in [3.63, 3.8) is 0 Å². The van der Waals surface area contributed by atoms with Crippen molar-refractivity contribution in [2.45, 2.75) is 19.9 Å². The SMILES string of the molecule is COc1cc(Nc2ncc(F)c(Nc3cccc(C)c3CN(CCCNC=O)S(=O)[O-])n2)cc(OC)c1OC. The predicted octanol–water partition coefficient (Wildman–Crippen LogP) is 3.17. The van der Waals surface area contributed by atoms with E-state index in [9.17, 15) is 17.9 Å². The molecule has 1 unspecified atom stereocenters. The molecule has 210 valence electrons. The van der Waals surface area contributed by atoms with Gasteiger partial charge in [0.2, 0.25) is 18.1 Å². The van der Waals surface area contributed by atoms with Crippen molar-refractivity contribution in [2.24, 2.45) is 0 Å². The monoisotopic (exact) mass is 561 g/mol. The molecule has 14 heteroatoms. The molecule has 0 aliphatic rings. The van der Waals surface area contributed by atoms with Gasteiger partial charge in [-0.15, -0.1) is 0 Å². The zero-order chi connectivity index (χ0) is 28.4. The van der Waals surface area contributed by atoms with Crippen molar-refractivity contribution in [1.29, 1.82) is 0 Å². The first-order chi connectivity index (χ1) is 18.8. The van der Waals surface area contributed by atoms with Gasteiger partial charge in [-0.1, -0.05) is 12.1 Å². The molecule has 3 aromatic rings. The summed E-state index contributed by atoms with van der Waals surface area (Å²) in [6, 6.07) is 8.61. The topological polar surface area (TPSA) is 150 Å². The number of rotatable bonds is 15. The number of carbonyl (C=O) groups is 1. The molecule has 0 spiro atoms. The summed E-state index contributed by atoms with van der Waals surface area (Å²) >= 11 is -2.51. The average molecular weight is 562 g/mol. The smallest absolute Gasteiger partial charge is 0.229 e. The minimum atomic E-state index is -2.51. The third-order valence-corrected chi connectivity index (χ3v) is 6.42. The summed E-state index contributed by atoms with van der Waals surface area (Å²) in [5.74, 6) is 0.497. The van der Waals surface area contributed by atoms with Crippen LogP contribution in [0.15, 0.2) is 36.5 Å². The van der Waals surface area contributed by atoms with Crippen molar-refractivity contribution < 1.29 is 32.2 Å². The maximum absolute atomic E-state index is 14.8. The van der Waals surface area contributed by atoms with Crippen LogP contribution in [0.4, 0.5) is 27.5 Å².